The lowest BCUT2D eigenvalue weighted by Gasteiger charge is -2.42. The zero-order valence-corrected chi connectivity index (χ0v) is 15.8. The van der Waals surface area contributed by atoms with E-state index >= 15 is 0 Å². The fourth-order valence-electron chi connectivity index (χ4n) is 3.92. The molecule has 148 valence electrons. The molecule has 0 aromatic heterocycles. The number of hydrogen-bond acceptors (Lipinski definition) is 4. The lowest BCUT2D eigenvalue weighted by atomic mass is 9.85. The van der Waals surface area contributed by atoms with Crippen LogP contribution in [0.5, 0.6) is 5.75 Å². The number of para-hydroxylation sites is 1. The molecular weight excluding hydrogens is 346 g/mol. The van der Waals surface area contributed by atoms with Gasteiger partial charge in [0.05, 0.1) is 12.6 Å². The Bertz CT molecular complexity index is 633. The van der Waals surface area contributed by atoms with Gasteiger partial charge in [0.15, 0.2) is 0 Å². The molecule has 2 fully saturated rings. The second-order valence-electron chi connectivity index (χ2n) is 7.34. The van der Waals surface area contributed by atoms with Crippen LogP contribution in [0.3, 0.4) is 0 Å². The van der Waals surface area contributed by atoms with E-state index in [4.69, 9.17) is 9.84 Å². The van der Waals surface area contributed by atoms with Crippen LogP contribution >= 0.6 is 0 Å². The number of carbonyl (C=O) groups excluding carboxylic acids is 1. The molecule has 2 amide bonds. The van der Waals surface area contributed by atoms with Crippen molar-refractivity contribution >= 4 is 12.0 Å². The van der Waals surface area contributed by atoms with Crippen LogP contribution in [-0.4, -0.2) is 71.3 Å². The third-order valence-electron chi connectivity index (χ3n) is 5.53. The minimum Gasteiger partial charge on any atom is -0.491 e. The zero-order valence-electron chi connectivity index (χ0n) is 15.8. The summed E-state index contributed by atoms with van der Waals surface area (Å²) in [6.07, 6.45) is 3.57. The smallest absolute Gasteiger partial charge is 0.317 e. The van der Waals surface area contributed by atoms with Gasteiger partial charge in [-0.1, -0.05) is 25.1 Å². The number of carboxylic acid groups (broad SMARTS) is 1. The van der Waals surface area contributed by atoms with Gasteiger partial charge in [-0.25, -0.2) is 4.79 Å². The number of likely N-dealkylation sites (tertiary alicyclic amines) is 1. The van der Waals surface area contributed by atoms with Crippen LogP contribution in [0, 0.1) is 0 Å². The Kier molecular flexibility index (Phi) is 6.55. The maximum atomic E-state index is 12.6. The summed E-state index contributed by atoms with van der Waals surface area (Å²) >= 11 is 0. The van der Waals surface area contributed by atoms with Gasteiger partial charge in [0.2, 0.25) is 0 Å². The molecule has 1 aliphatic heterocycles. The summed E-state index contributed by atoms with van der Waals surface area (Å²) in [5, 5.41) is 12.1. The maximum Gasteiger partial charge on any atom is 0.317 e. The molecule has 1 saturated carbocycles. The molecule has 0 bridgehead atoms. The van der Waals surface area contributed by atoms with Crippen molar-refractivity contribution in [2.45, 2.75) is 50.7 Å². The Morgan fingerprint density at radius 3 is 2.70 bits per heavy atom. The average molecular weight is 375 g/mol. The third-order valence-corrected chi connectivity index (χ3v) is 5.53. The van der Waals surface area contributed by atoms with Crippen molar-refractivity contribution in [3.05, 3.63) is 30.3 Å². The molecule has 1 aromatic carbocycles. The fraction of sp³-hybridized carbons (Fsp3) is 0.600. The first-order valence-electron chi connectivity index (χ1n) is 9.77. The minimum absolute atomic E-state index is 0.0288. The predicted molar refractivity (Wildman–Crippen MR) is 102 cm³/mol. The number of likely N-dealkylation sites (N-methyl/N-ethyl adjacent to an activating group) is 1. The zero-order chi connectivity index (χ0) is 19.2. The SMILES string of the molecule is CCN(CC(=O)O)C1CC(NC(=O)N2CCC[C@H]2COc2ccccc2)C1. The minimum atomic E-state index is -0.803. The highest BCUT2D eigenvalue weighted by Gasteiger charge is 2.37. The van der Waals surface area contributed by atoms with Crippen molar-refractivity contribution < 1.29 is 19.4 Å². The van der Waals surface area contributed by atoms with E-state index in [1.807, 2.05) is 47.1 Å². The molecule has 1 atom stereocenters. The number of ether oxygens (including phenoxy) is 1. The van der Waals surface area contributed by atoms with Gasteiger partial charge in [-0.15, -0.1) is 0 Å². The molecule has 0 radical (unpaired) electrons. The number of benzene rings is 1. The van der Waals surface area contributed by atoms with Crippen LogP contribution in [0.1, 0.15) is 32.6 Å². The quantitative estimate of drug-likeness (QED) is 0.728. The van der Waals surface area contributed by atoms with Crippen LogP contribution in [0.25, 0.3) is 0 Å². The number of aliphatic carboxylic acids is 1. The van der Waals surface area contributed by atoms with Crippen molar-refractivity contribution in [2.24, 2.45) is 0 Å². The number of nitrogens with one attached hydrogen (secondary N) is 1. The van der Waals surface area contributed by atoms with Crippen LogP contribution in [0.15, 0.2) is 30.3 Å². The highest BCUT2D eigenvalue weighted by Crippen LogP contribution is 2.27. The number of hydrogen-bond donors (Lipinski definition) is 2. The molecule has 0 spiro atoms. The monoisotopic (exact) mass is 375 g/mol. The van der Waals surface area contributed by atoms with Crippen LogP contribution in [-0.2, 0) is 4.79 Å². The Hall–Kier alpha value is -2.28. The predicted octanol–water partition coefficient (Wildman–Crippen LogP) is 2.18. The molecule has 1 aliphatic carbocycles. The molecule has 1 heterocycles. The van der Waals surface area contributed by atoms with E-state index in [0.29, 0.717) is 13.2 Å². The van der Waals surface area contributed by atoms with E-state index in [1.165, 1.54) is 0 Å². The summed E-state index contributed by atoms with van der Waals surface area (Å²) in [6.45, 7) is 4.00. The van der Waals surface area contributed by atoms with Gasteiger partial charge < -0.3 is 20.1 Å². The molecule has 2 N–H and O–H groups in total. The van der Waals surface area contributed by atoms with E-state index in [0.717, 1.165) is 38.0 Å². The van der Waals surface area contributed by atoms with Gasteiger partial charge in [0.1, 0.15) is 12.4 Å². The number of carboxylic acids is 1. The summed E-state index contributed by atoms with van der Waals surface area (Å²) in [6, 6.07) is 10.1. The van der Waals surface area contributed by atoms with E-state index in [2.05, 4.69) is 5.32 Å². The molecule has 7 nitrogen and oxygen atoms in total. The Morgan fingerprint density at radius 2 is 2.04 bits per heavy atom. The summed E-state index contributed by atoms with van der Waals surface area (Å²) in [5.74, 6) is 0.0207. The van der Waals surface area contributed by atoms with E-state index in [9.17, 15) is 9.59 Å². The first-order chi connectivity index (χ1) is 13.1. The van der Waals surface area contributed by atoms with Crippen LogP contribution in [0.2, 0.25) is 0 Å². The first-order valence-corrected chi connectivity index (χ1v) is 9.77. The lowest BCUT2D eigenvalue weighted by Crippen LogP contribution is -2.57. The molecule has 27 heavy (non-hydrogen) atoms. The molecule has 0 unspecified atom stereocenters. The van der Waals surface area contributed by atoms with Crippen molar-refractivity contribution in [1.82, 2.24) is 15.1 Å². The Labute approximate surface area is 160 Å². The summed E-state index contributed by atoms with van der Waals surface area (Å²) < 4.78 is 5.83. The summed E-state index contributed by atoms with van der Waals surface area (Å²) in [4.78, 5) is 27.4. The fourth-order valence-corrected chi connectivity index (χ4v) is 3.92. The third kappa shape index (κ3) is 5.13. The molecule has 2 aliphatic rings. The van der Waals surface area contributed by atoms with Crippen LogP contribution < -0.4 is 10.1 Å². The largest absolute Gasteiger partial charge is 0.491 e. The number of rotatable bonds is 8. The number of nitrogens with zero attached hydrogens (tertiary/aromatic N) is 2. The van der Waals surface area contributed by atoms with E-state index < -0.39 is 5.97 Å². The molecule has 1 saturated heterocycles. The lowest BCUT2D eigenvalue weighted by molar-refractivity contribution is -0.139. The van der Waals surface area contributed by atoms with E-state index in [1.54, 1.807) is 0 Å². The van der Waals surface area contributed by atoms with Crippen molar-refractivity contribution in [2.75, 3.05) is 26.2 Å². The van der Waals surface area contributed by atoms with Crippen molar-refractivity contribution in [3.63, 3.8) is 0 Å². The molecular formula is C20H29N3O4. The van der Waals surface area contributed by atoms with Crippen molar-refractivity contribution in [1.29, 1.82) is 0 Å². The van der Waals surface area contributed by atoms with Gasteiger partial charge in [0, 0.05) is 18.6 Å². The van der Waals surface area contributed by atoms with Crippen molar-refractivity contribution in [3.8, 4) is 5.75 Å². The second kappa shape index (κ2) is 9.08. The van der Waals surface area contributed by atoms with Gasteiger partial charge in [-0.05, 0) is 44.4 Å². The first kappa shape index (κ1) is 19.5. The van der Waals surface area contributed by atoms with Gasteiger partial charge in [-0.3, -0.25) is 9.69 Å². The molecule has 3 rings (SSSR count). The molecule has 1 aromatic rings. The highest BCUT2D eigenvalue weighted by atomic mass is 16.5. The Morgan fingerprint density at radius 1 is 1.30 bits per heavy atom. The highest BCUT2D eigenvalue weighted by molar-refractivity contribution is 5.75. The topological polar surface area (TPSA) is 82.1 Å². The number of amides is 2. The molecule has 7 heteroatoms. The number of urea groups is 1. The second-order valence-corrected chi connectivity index (χ2v) is 7.34. The number of carbonyl (C=O) groups is 2. The maximum absolute atomic E-state index is 12.6. The van der Waals surface area contributed by atoms with Gasteiger partial charge in [0.25, 0.3) is 0 Å². The standard InChI is InChI=1S/C20H29N3O4/c1-2-22(13-19(24)25)17-11-15(12-17)21-20(26)23-10-6-7-16(23)14-27-18-8-4-3-5-9-18/h3-5,8-9,15-17H,2,6-7,10-14H2,1H3,(H,21,26)(H,24,25)/t15?,16-,17?/m0/s1. The van der Waals surface area contributed by atoms with Gasteiger partial charge in [-0.2, -0.15) is 0 Å². The average Bonchev–Trinajstić information content (AvgIpc) is 3.10. The van der Waals surface area contributed by atoms with E-state index in [-0.39, 0.29) is 30.7 Å². The van der Waals surface area contributed by atoms with Crippen LogP contribution in [0.4, 0.5) is 4.79 Å². The summed E-state index contributed by atoms with van der Waals surface area (Å²) in [7, 11) is 0. The normalized spacial score (nSPS) is 24.5. The summed E-state index contributed by atoms with van der Waals surface area (Å²) in [5.41, 5.74) is 0. The Balaban J connectivity index is 1.43. The van der Waals surface area contributed by atoms with Gasteiger partial charge >= 0.3 is 12.0 Å².